The maximum absolute atomic E-state index is 12.8. The van der Waals surface area contributed by atoms with Crippen molar-refractivity contribution in [2.24, 2.45) is 5.92 Å². The van der Waals surface area contributed by atoms with E-state index in [9.17, 15) is 14.4 Å². The monoisotopic (exact) mass is 877 g/mol. The van der Waals surface area contributed by atoms with Crippen LogP contribution in [-0.4, -0.2) is 37.2 Å². The van der Waals surface area contributed by atoms with Crippen molar-refractivity contribution in [1.29, 1.82) is 0 Å². The summed E-state index contributed by atoms with van der Waals surface area (Å²) in [4.78, 5) is 38.0. The van der Waals surface area contributed by atoms with Crippen molar-refractivity contribution in [3.8, 4) is 0 Å². The summed E-state index contributed by atoms with van der Waals surface area (Å²) < 4.78 is 16.8. The first-order valence-corrected chi connectivity index (χ1v) is 27.9. The number of hydrogen-bond donors (Lipinski definition) is 0. The molecule has 0 aliphatic rings. The summed E-state index contributed by atoms with van der Waals surface area (Å²) in [6, 6.07) is 0. The Morgan fingerprint density at radius 3 is 0.790 bits per heavy atom. The maximum atomic E-state index is 12.8. The van der Waals surface area contributed by atoms with E-state index in [1.165, 1.54) is 212 Å². The van der Waals surface area contributed by atoms with Gasteiger partial charge >= 0.3 is 17.9 Å². The van der Waals surface area contributed by atoms with Crippen LogP contribution in [0, 0.1) is 5.92 Å². The van der Waals surface area contributed by atoms with Crippen molar-refractivity contribution in [1.82, 2.24) is 0 Å². The molecule has 0 radical (unpaired) electrons. The second-order valence-electron chi connectivity index (χ2n) is 19.7. The molecule has 0 aromatic carbocycles. The fraction of sp³-hybridized carbons (Fsp3) is 0.946. The summed E-state index contributed by atoms with van der Waals surface area (Å²) in [5, 5.41) is 0. The number of carbonyl (C=O) groups is 3. The Bertz CT molecular complexity index is 933. The van der Waals surface area contributed by atoms with Gasteiger partial charge in [-0.3, -0.25) is 14.4 Å². The van der Waals surface area contributed by atoms with Gasteiger partial charge in [-0.05, 0) is 25.2 Å². The summed E-state index contributed by atoms with van der Waals surface area (Å²) in [5.41, 5.74) is 0. The van der Waals surface area contributed by atoms with E-state index in [2.05, 4.69) is 27.7 Å². The van der Waals surface area contributed by atoms with Crippen LogP contribution in [0.2, 0.25) is 0 Å². The Hall–Kier alpha value is -1.59. The summed E-state index contributed by atoms with van der Waals surface area (Å²) >= 11 is 0. The van der Waals surface area contributed by atoms with E-state index in [4.69, 9.17) is 14.2 Å². The minimum atomic E-state index is -0.762. The zero-order chi connectivity index (χ0) is 45.2. The minimum absolute atomic E-state index is 0.0632. The van der Waals surface area contributed by atoms with Crippen LogP contribution in [0.3, 0.4) is 0 Å². The van der Waals surface area contributed by atoms with Gasteiger partial charge in [0.05, 0.1) is 0 Å². The van der Waals surface area contributed by atoms with E-state index in [0.717, 1.165) is 63.7 Å². The van der Waals surface area contributed by atoms with E-state index < -0.39 is 6.10 Å². The summed E-state index contributed by atoms with van der Waals surface area (Å²) in [7, 11) is 0. The highest BCUT2D eigenvalue weighted by molar-refractivity contribution is 5.71. The zero-order valence-corrected chi connectivity index (χ0v) is 42.3. The van der Waals surface area contributed by atoms with Crippen molar-refractivity contribution in [2.45, 2.75) is 323 Å². The number of ether oxygens (including phenoxy) is 3. The third-order valence-electron chi connectivity index (χ3n) is 12.8. The second kappa shape index (κ2) is 50.4. The molecule has 0 bridgehead atoms. The van der Waals surface area contributed by atoms with Gasteiger partial charge in [-0.25, -0.2) is 0 Å². The number of rotatable bonds is 51. The Kier molecular flexibility index (Phi) is 49.1. The fourth-order valence-corrected chi connectivity index (χ4v) is 8.57. The van der Waals surface area contributed by atoms with Gasteiger partial charge in [-0.2, -0.15) is 0 Å². The van der Waals surface area contributed by atoms with Gasteiger partial charge in [-0.1, -0.05) is 278 Å². The maximum Gasteiger partial charge on any atom is 0.306 e. The molecule has 0 unspecified atom stereocenters. The molecule has 0 heterocycles. The number of unbranched alkanes of at least 4 members (excludes halogenated alkanes) is 38. The molecule has 0 fully saturated rings. The van der Waals surface area contributed by atoms with Crippen LogP contribution in [0.15, 0.2) is 0 Å². The number of esters is 3. The van der Waals surface area contributed by atoms with Gasteiger partial charge < -0.3 is 14.2 Å². The Balaban J connectivity index is 4.22. The molecule has 6 heteroatoms. The van der Waals surface area contributed by atoms with E-state index >= 15 is 0 Å². The Labute approximate surface area is 387 Å². The van der Waals surface area contributed by atoms with E-state index in [1.807, 2.05) is 0 Å². The van der Waals surface area contributed by atoms with Crippen LogP contribution in [0.1, 0.15) is 317 Å². The van der Waals surface area contributed by atoms with Gasteiger partial charge in [0.25, 0.3) is 0 Å². The zero-order valence-electron chi connectivity index (χ0n) is 42.3. The van der Waals surface area contributed by atoms with Gasteiger partial charge in [0.1, 0.15) is 13.2 Å². The van der Waals surface area contributed by atoms with Crippen LogP contribution in [0.4, 0.5) is 0 Å². The number of carbonyl (C=O) groups excluding carboxylic acids is 3. The first-order valence-electron chi connectivity index (χ1n) is 27.9. The second-order valence-corrected chi connectivity index (χ2v) is 19.7. The summed E-state index contributed by atoms with van der Waals surface area (Å²) in [5.74, 6) is -0.0814. The van der Waals surface area contributed by atoms with Gasteiger partial charge in [0.2, 0.25) is 0 Å². The smallest absolute Gasteiger partial charge is 0.306 e. The standard InChI is InChI=1S/C56H108O6/c1-5-7-9-11-13-15-17-19-21-23-25-27-29-31-33-35-41-45-49-56(59)62-53(51-61-55(58)48-44-40-37-36-38-42-46-52(3)4)50-60-54(57)47-43-39-34-32-30-28-26-24-22-20-18-16-14-12-10-8-6-2/h52-53H,5-51H2,1-4H3/t53-/m0/s1. The SMILES string of the molecule is CCCCCCCCCCCCCCCCCCCCC(=O)O[C@@H](COC(=O)CCCCCCCCCCCCCCCCCCC)COC(=O)CCCCCCCCC(C)C. The van der Waals surface area contributed by atoms with Crippen LogP contribution in [-0.2, 0) is 28.6 Å². The Morgan fingerprint density at radius 1 is 0.306 bits per heavy atom. The van der Waals surface area contributed by atoms with Crippen molar-refractivity contribution < 1.29 is 28.6 Å². The van der Waals surface area contributed by atoms with Crippen molar-refractivity contribution >= 4 is 17.9 Å². The Morgan fingerprint density at radius 2 is 0.532 bits per heavy atom. The molecule has 0 aromatic rings. The topological polar surface area (TPSA) is 78.9 Å². The third kappa shape index (κ3) is 49.4. The quantitative estimate of drug-likeness (QED) is 0.0344. The van der Waals surface area contributed by atoms with Crippen LogP contribution in [0.25, 0.3) is 0 Å². The lowest BCUT2D eigenvalue weighted by atomic mass is 10.0. The number of hydrogen-bond acceptors (Lipinski definition) is 6. The molecule has 0 rings (SSSR count). The first-order chi connectivity index (χ1) is 30.4. The molecule has 0 aliphatic carbocycles. The molecule has 0 spiro atoms. The molecule has 6 nitrogen and oxygen atoms in total. The fourth-order valence-electron chi connectivity index (χ4n) is 8.57. The van der Waals surface area contributed by atoms with Gasteiger partial charge in [0, 0.05) is 19.3 Å². The largest absolute Gasteiger partial charge is 0.462 e. The van der Waals surface area contributed by atoms with Crippen LogP contribution < -0.4 is 0 Å². The molecule has 0 aliphatic heterocycles. The molecule has 0 aromatic heterocycles. The van der Waals surface area contributed by atoms with Crippen molar-refractivity contribution in [3.63, 3.8) is 0 Å². The molecule has 368 valence electrons. The minimum Gasteiger partial charge on any atom is -0.462 e. The normalized spacial score (nSPS) is 12.0. The highest BCUT2D eigenvalue weighted by atomic mass is 16.6. The molecule has 0 saturated heterocycles. The van der Waals surface area contributed by atoms with E-state index in [-0.39, 0.29) is 31.1 Å². The third-order valence-corrected chi connectivity index (χ3v) is 12.8. The average molecular weight is 877 g/mol. The predicted octanol–water partition coefficient (Wildman–Crippen LogP) is 18.2. The lowest BCUT2D eigenvalue weighted by Gasteiger charge is -2.18. The lowest BCUT2D eigenvalue weighted by molar-refractivity contribution is -0.167. The summed E-state index contributed by atoms with van der Waals surface area (Å²) in [6.45, 7) is 8.98. The van der Waals surface area contributed by atoms with Crippen molar-refractivity contribution in [2.75, 3.05) is 13.2 Å². The summed E-state index contributed by atoms with van der Waals surface area (Å²) in [6.07, 6.45) is 54.0. The molecular formula is C56H108O6. The molecule has 0 saturated carbocycles. The van der Waals surface area contributed by atoms with Crippen LogP contribution >= 0.6 is 0 Å². The van der Waals surface area contributed by atoms with E-state index in [1.54, 1.807) is 0 Å². The highest BCUT2D eigenvalue weighted by Gasteiger charge is 2.19. The molecular weight excluding hydrogens is 769 g/mol. The van der Waals surface area contributed by atoms with Gasteiger partial charge in [0.15, 0.2) is 6.10 Å². The molecule has 0 amide bonds. The van der Waals surface area contributed by atoms with Gasteiger partial charge in [-0.15, -0.1) is 0 Å². The lowest BCUT2D eigenvalue weighted by Crippen LogP contribution is -2.30. The van der Waals surface area contributed by atoms with Crippen molar-refractivity contribution in [3.05, 3.63) is 0 Å². The molecule has 62 heavy (non-hydrogen) atoms. The molecule has 1 atom stereocenters. The van der Waals surface area contributed by atoms with Crippen LogP contribution in [0.5, 0.6) is 0 Å². The predicted molar refractivity (Wildman–Crippen MR) is 266 cm³/mol. The molecule has 0 N–H and O–H groups in total. The average Bonchev–Trinajstić information content (AvgIpc) is 3.26. The highest BCUT2D eigenvalue weighted by Crippen LogP contribution is 2.18. The first kappa shape index (κ1) is 60.4. The van der Waals surface area contributed by atoms with E-state index in [0.29, 0.717) is 19.3 Å².